The molecule has 3 N–H and O–H groups in total. The van der Waals surface area contributed by atoms with Gasteiger partial charge in [0.1, 0.15) is 11.6 Å². The number of hydrogen-bond acceptors (Lipinski definition) is 3. The maximum absolute atomic E-state index is 11.9. The predicted molar refractivity (Wildman–Crippen MR) is 85.2 cm³/mol. The van der Waals surface area contributed by atoms with Crippen LogP contribution in [0.15, 0.2) is 29.1 Å². The summed E-state index contributed by atoms with van der Waals surface area (Å²) < 4.78 is 0. The molecule has 0 aliphatic rings. The second-order valence-corrected chi connectivity index (χ2v) is 5.51. The number of imidazole rings is 1. The van der Waals surface area contributed by atoms with Gasteiger partial charge in [0.25, 0.3) is 5.56 Å². The lowest BCUT2D eigenvalue weighted by Crippen LogP contribution is -2.11. The molecule has 0 atom stereocenters. The molecule has 0 aliphatic carbocycles. The molecule has 7 heteroatoms. The second kappa shape index (κ2) is 5.42. The highest BCUT2D eigenvalue weighted by Crippen LogP contribution is 2.23. The van der Waals surface area contributed by atoms with Gasteiger partial charge in [0.05, 0.1) is 15.6 Å². The Morgan fingerprint density at radius 3 is 2.76 bits per heavy atom. The normalized spacial score (nSPS) is 11.0. The highest BCUT2D eigenvalue weighted by Gasteiger charge is 2.06. The summed E-state index contributed by atoms with van der Waals surface area (Å²) in [4.78, 5) is 21.8. The van der Waals surface area contributed by atoms with Gasteiger partial charge in [-0.3, -0.25) is 4.79 Å². The minimum atomic E-state index is -0.228. The number of benzene rings is 1. The molecule has 3 aromatic rings. The van der Waals surface area contributed by atoms with Crippen LogP contribution in [-0.4, -0.2) is 15.0 Å². The van der Waals surface area contributed by atoms with Gasteiger partial charge in [-0.25, -0.2) is 4.98 Å². The van der Waals surface area contributed by atoms with Crippen LogP contribution < -0.4 is 10.9 Å². The van der Waals surface area contributed by atoms with Crippen LogP contribution >= 0.6 is 23.2 Å². The van der Waals surface area contributed by atoms with Gasteiger partial charge < -0.3 is 15.3 Å². The molecular formula is C14H12Cl2N4O. The van der Waals surface area contributed by atoms with Crippen molar-refractivity contribution in [2.75, 3.05) is 5.32 Å². The van der Waals surface area contributed by atoms with Crippen molar-refractivity contribution in [2.24, 2.45) is 0 Å². The maximum atomic E-state index is 11.9. The molecule has 21 heavy (non-hydrogen) atoms. The number of rotatable bonds is 3. The van der Waals surface area contributed by atoms with E-state index in [1.807, 2.05) is 19.1 Å². The van der Waals surface area contributed by atoms with Gasteiger partial charge in [0, 0.05) is 12.6 Å². The Hall–Kier alpha value is -1.98. The number of hydrogen-bond donors (Lipinski definition) is 3. The molecule has 5 nitrogen and oxygen atoms in total. The molecule has 1 aromatic carbocycles. The van der Waals surface area contributed by atoms with E-state index < -0.39 is 0 Å². The average Bonchev–Trinajstić information content (AvgIpc) is 2.81. The molecule has 0 saturated carbocycles. The van der Waals surface area contributed by atoms with E-state index in [1.165, 1.54) is 0 Å². The van der Waals surface area contributed by atoms with Crippen LogP contribution in [-0.2, 0) is 6.54 Å². The maximum Gasteiger partial charge on any atom is 0.277 e. The van der Waals surface area contributed by atoms with Crippen molar-refractivity contribution in [1.82, 2.24) is 15.0 Å². The first-order valence-corrected chi connectivity index (χ1v) is 7.06. The van der Waals surface area contributed by atoms with Crippen LogP contribution in [0.2, 0.25) is 10.0 Å². The summed E-state index contributed by atoms with van der Waals surface area (Å²) in [6.07, 6.45) is 0. The van der Waals surface area contributed by atoms with Crippen LogP contribution in [0.4, 0.5) is 5.82 Å². The topological polar surface area (TPSA) is 73.6 Å². The fraction of sp³-hybridized carbons (Fsp3) is 0.143. The number of fused-ring (bicyclic) bond motifs is 1. The SMILES string of the molecule is Cc1nc2c(=O)[nH]c(NCc3ccc(Cl)c(Cl)c3)cc2[nH]1. The van der Waals surface area contributed by atoms with E-state index in [-0.39, 0.29) is 5.56 Å². The van der Waals surface area contributed by atoms with Crippen LogP contribution in [0.5, 0.6) is 0 Å². The lowest BCUT2D eigenvalue weighted by atomic mass is 10.2. The van der Waals surface area contributed by atoms with Gasteiger partial charge in [-0.05, 0) is 24.6 Å². The summed E-state index contributed by atoms with van der Waals surface area (Å²) in [5, 5.41) is 4.17. The summed E-state index contributed by atoms with van der Waals surface area (Å²) in [7, 11) is 0. The number of aromatic nitrogens is 3. The van der Waals surface area contributed by atoms with E-state index in [0.717, 1.165) is 5.56 Å². The van der Waals surface area contributed by atoms with E-state index in [1.54, 1.807) is 12.1 Å². The number of pyridine rings is 1. The average molecular weight is 323 g/mol. The molecule has 0 saturated heterocycles. The van der Waals surface area contributed by atoms with Crippen LogP contribution in [0.25, 0.3) is 11.0 Å². The van der Waals surface area contributed by atoms with Crippen LogP contribution in [0.3, 0.4) is 0 Å². The first-order valence-electron chi connectivity index (χ1n) is 6.30. The zero-order valence-corrected chi connectivity index (χ0v) is 12.6. The summed E-state index contributed by atoms with van der Waals surface area (Å²) >= 11 is 11.8. The Balaban J connectivity index is 1.84. The number of H-pyrrole nitrogens is 2. The van der Waals surface area contributed by atoms with Gasteiger partial charge in [0.15, 0.2) is 5.52 Å². The van der Waals surface area contributed by atoms with Gasteiger partial charge >= 0.3 is 0 Å². The molecule has 0 spiro atoms. The number of aryl methyl sites for hydroxylation is 1. The predicted octanol–water partition coefficient (Wildman–Crippen LogP) is 3.48. The van der Waals surface area contributed by atoms with Gasteiger partial charge in [-0.15, -0.1) is 0 Å². The van der Waals surface area contributed by atoms with Crippen molar-refractivity contribution in [3.05, 3.63) is 56.1 Å². The summed E-state index contributed by atoms with van der Waals surface area (Å²) in [6.45, 7) is 2.33. The fourth-order valence-corrected chi connectivity index (χ4v) is 2.41. The second-order valence-electron chi connectivity index (χ2n) is 4.70. The van der Waals surface area contributed by atoms with Crippen molar-refractivity contribution in [2.45, 2.75) is 13.5 Å². The largest absolute Gasteiger partial charge is 0.367 e. The third-order valence-electron chi connectivity index (χ3n) is 3.07. The molecule has 0 radical (unpaired) electrons. The number of nitrogens with zero attached hydrogens (tertiary/aromatic N) is 1. The van der Waals surface area contributed by atoms with Gasteiger partial charge in [-0.2, -0.15) is 0 Å². The number of nitrogens with one attached hydrogen (secondary N) is 3. The first-order chi connectivity index (χ1) is 10.0. The van der Waals surface area contributed by atoms with E-state index in [0.29, 0.717) is 39.3 Å². The van der Waals surface area contributed by atoms with E-state index in [9.17, 15) is 4.79 Å². The Bertz CT molecular complexity index is 869. The number of aromatic amines is 2. The zero-order valence-electron chi connectivity index (χ0n) is 11.1. The van der Waals surface area contributed by atoms with Crippen molar-refractivity contribution < 1.29 is 0 Å². The Morgan fingerprint density at radius 2 is 2.00 bits per heavy atom. The van der Waals surface area contributed by atoms with E-state index >= 15 is 0 Å². The zero-order chi connectivity index (χ0) is 15.0. The van der Waals surface area contributed by atoms with E-state index in [4.69, 9.17) is 23.2 Å². The van der Waals surface area contributed by atoms with E-state index in [2.05, 4.69) is 20.3 Å². The highest BCUT2D eigenvalue weighted by molar-refractivity contribution is 6.42. The number of halogens is 2. The Morgan fingerprint density at radius 1 is 1.19 bits per heavy atom. The molecule has 3 rings (SSSR count). The molecule has 2 heterocycles. The van der Waals surface area contributed by atoms with Gasteiger partial charge in [0.2, 0.25) is 0 Å². The highest BCUT2D eigenvalue weighted by atomic mass is 35.5. The monoisotopic (exact) mass is 322 g/mol. The lowest BCUT2D eigenvalue weighted by Gasteiger charge is -2.07. The molecule has 0 unspecified atom stereocenters. The third kappa shape index (κ3) is 2.89. The molecule has 2 aromatic heterocycles. The van der Waals surface area contributed by atoms with Crippen molar-refractivity contribution in [3.63, 3.8) is 0 Å². The third-order valence-corrected chi connectivity index (χ3v) is 3.81. The Labute approximate surface area is 130 Å². The minimum Gasteiger partial charge on any atom is -0.367 e. The molecule has 0 bridgehead atoms. The molecule has 0 aliphatic heterocycles. The summed E-state index contributed by atoms with van der Waals surface area (Å²) in [6, 6.07) is 7.21. The van der Waals surface area contributed by atoms with Crippen molar-refractivity contribution in [3.8, 4) is 0 Å². The van der Waals surface area contributed by atoms with Crippen molar-refractivity contribution >= 4 is 40.1 Å². The smallest absolute Gasteiger partial charge is 0.277 e. The first kappa shape index (κ1) is 14.0. The van der Waals surface area contributed by atoms with Crippen LogP contribution in [0.1, 0.15) is 11.4 Å². The molecule has 0 fully saturated rings. The Kier molecular flexibility index (Phi) is 3.61. The quantitative estimate of drug-likeness (QED) is 0.691. The summed E-state index contributed by atoms with van der Waals surface area (Å²) in [5.74, 6) is 1.32. The minimum absolute atomic E-state index is 0.228. The lowest BCUT2D eigenvalue weighted by molar-refractivity contribution is 1.10. The molecule has 0 amide bonds. The van der Waals surface area contributed by atoms with Gasteiger partial charge in [-0.1, -0.05) is 29.3 Å². The molecule has 108 valence electrons. The molecular weight excluding hydrogens is 311 g/mol. The number of anilines is 1. The standard InChI is InChI=1S/C14H12Cl2N4O/c1-7-18-11-5-12(20-14(21)13(11)19-7)17-6-8-2-3-9(15)10(16)4-8/h2-5H,6H2,1H3,(H,18,19)(H2,17,20,21). The van der Waals surface area contributed by atoms with Crippen molar-refractivity contribution in [1.29, 1.82) is 0 Å². The fourth-order valence-electron chi connectivity index (χ4n) is 2.09. The summed E-state index contributed by atoms with van der Waals surface area (Å²) in [5.41, 5.74) is 1.85. The van der Waals surface area contributed by atoms with Crippen LogP contribution in [0, 0.1) is 6.92 Å².